The SMILES string of the molecule is CCN(C(=O)O)c1cc(C)n2nc(-c3ccc(OC)cc3Cl)n(C)c(=O)c12. The van der Waals surface area contributed by atoms with Crippen LogP contribution in [0.4, 0.5) is 10.5 Å². The van der Waals surface area contributed by atoms with Crippen LogP contribution in [0.15, 0.2) is 29.1 Å². The van der Waals surface area contributed by atoms with E-state index < -0.39 is 6.09 Å². The first kappa shape index (κ1) is 18.8. The van der Waals surface area contributed by atoms with Gasteiger partial charge in [-0.05, 0) is 38.1 Å². The monoisotopic (exact) mass is 390 g/mol. The van der Waals surface area contributed by atoms with Crippen molar-refractivity contribution in [3.8, 4) is 17.1 Å². The van der Waals surface area contributed by atoms with Gasteiger partial charge in [0.15, 0.2) is 11.3 Å². The molecule has 0 fully saturated rings. The molecule has 1 aromatic carbocycles. The van der Waals surface area contributed by atoms with E-state index in [4.69, 9.17) is 16.3 Å². The van der Waals surface area contributed by atoms with Crippen LogP contribution in [0.5, 0.6) is 5.75 Å². The number of anilines is 1. The topological polar surface area (TPSA) is 89.1 Å². The number of carboxylic acid groups (broad SMARTS) is 1. The Kier molecular flexibility index (Phi) is 4.84. The summed E-state index contributed by atoms with van der Waals surface area (Å²) in [6, 6.07) is 6.74. The molecule has 2 aromatic heterocycles. The fraction of sp³-hybridized carbons (Fsp3) is 0.278. The highest BCUT2D eigenvalue weighted by Crippen LogP contribution is 2.30. The first-order valence-corrected chi connectivity index (χ1v) is 8.61. The van der Waals surface area contributed by atoms with E-state index in [9.17, 15) is 14.7 Å². The molecule has 0 aliphatic carbocycles. The lowest BCUT2D eigenvalue weighted by Crippen LogP contribution is -2.31. The quantitative estimate of drug-likeness (QED) is 0.739. The van der Waals surface area contributed by atoms with E-state index in [1.165, 1.54) is 16.2 Å². The lowest BCUT2D eigenvalue weighted by atomic mass is 10.2. The zero-order chi connectivity index (χ0) is 19.9. The van der Waals surface area contributed by atoms with E-state index in [1.54, 1.807) is 45.2 Å². The van der Waals surface area contributed by atoms with Crippen LogP contribution >= 0.6 is 11.6 Å². The number of fused-ring (bicyclic) bond motifs is 1. The molecule has 3 rings (SSSR count). The molecule has 0 bridgehead atoms. The highest BCUT2D eigenvalue weighted by Gasteiger charge is 2.23. The van der Waals surface area contributed by atoms with Gasteiger partial charge in [-0.25, -0.2) is 9.31 Å². The number of halogens is 1. The molecule has 3 aromatic rings. The molecule has 27 heavy (non-hydrogen) atoms. The fourth-order valence-corrected chi connectivity index (χ4v) is 3.27. The number of methoxy groups -OCH3 is 1. The molecule has 1 amide bonds. The number of rotatable bonds is 4. The summed E-state index contributed by atoms with van der Waals surface area (Å²) in [7, 11) is 3.12. The standard InChI is InChI=1S/C18H19ClN4O4/c1-5-22(18(25)26)14-8-10(2)23-15(14)17(24)21(3)16(20-23)12-7-6-11(27-4)9-13(12)19/h6-9H,5H2,1-4H3,(H,25,26). The van der Waals surface area contributed by atoms with E-state index in [1.807, 2.05) is 0 Å². The number of hydrogen-bond acceptors (Lipinski definition) is 4. The lowest BCUT2D eigenvalue weighted by molar-refractivity contribution is 0.202. The third-order valence-corrected chi connectivity index (χ3v) is 4.72. The molecule has 0 spiro atoms. The Balaban J connectivity index is 2.31. The molecule has 142 valence electrons. The molecule has 0 atom stereocenters. The predicted octanol–water partition coefficient (Wildman–Crippen LogP) is 3.17. The highest BCUT2D eigenvalue weighted by atomic mass is 35.5. The molecule has 0 saturated heterocycles. The van der Waals surface area contributed by atoms with Crippen molar-refractivity contribution in [3.63, 3.8) is 0 Å². The second kappa shape index (κ2) is 6.96. The Morgan fingerprint density at radius 3 is 2.63 bits per heavy atom. The Morgan fingerprint density at radius 1 is 1.37 bits per heavy atom. The third kappa shape index (κ3) is 3.02. The van der Waals surface area contributed by atoms with Crippen LogP contribution in [0.25, 0.3) is 16.9 Å². The molecule has 0 unspecified atom stereocenters. The largest absolute Gasteiger partial charge is 0.497 e. The van der Waals surface area contributed by atoms with Crippen molar-refractivity contribution in [2.75, 3.05) is 18.6 Å². The van der Waals surface area contributed by atoms with E-state index in [-0.39, 0.29) is 17.6 Å². The number of amides is 1. The van der Waals surface area contributed by atoms with E-state index in [2.05, 4.69) is 5.10 Å². The number of nitrogens with zero attached hydrogens (tertiary/aromatic N) is 4. The van der Waals surface area contributed by atoms with Gasteiger partial charge in [-0.2, -0.15) is 0 Å². The van der Waals surface area contributed by atoms with Crippen molar-refractivity contribution in [1.82, 2.24) is 14.2 Å². The summed E-state index contributed by atoms with van der Waals surface area (Å²) in [6.07, 6.45) is -1.13. The minimum Gasteiger partial charge on any atom is -0.497 e. The second-order valence-corrected chi connectivity index (χ2v) is 6.40. The predicted molar refractivity (Wildman–Crippen MR) is 103 cm³/mol. The maximum atomic E-state index is 13.0. The van der Waals surface area contributed by atoms with Gasteiger partial charge >= 0.3 is 6.09 Å². The number of aryl methyl sites for hydroxylation is 1. The first-order valence-electron chi connectivity index (χ1n) is 8.23. The summed E-state index contributed by atoms with van der Waals surface area (Å²) in [5.41, 5.74) is 1.35. The van der Waals surface area contributed by atoms with Crippen molar-refractivity contribution in [2.45, 2.75) is 13.8 Å². The van der Waals surface area contributed by atoms with Crippen molar-refractivity contribution >= 4 is 28.9 Å². The van der Waals surface area contributed by atoms with E-state index in [0.29, 0.717) is 33.5 Å². The number of benzene rings is 1. The summed E-state index contributed by atoms with van der Waals surface area (Å²) in [4.78, 5) is 25.7. The average Bonchev–Trinajstić information content (AvgIpc) is 2.95. The first-order chi connectivity index (χ1) is 12.8. The van der Waals surface area contributed by atoms with Gasteiger partial charge in [-0.3, -0.25) is 14.3 Å². The molecule has 2 heterocycles. The molecule has 0 radical (unpaired) electrons. The Morgan fingerprint density at radius 2 is 2.07 bits per heavy atom. The summed E-state index contributed by atoms with van der Waals surface area (Å²) in [5.74, 6) is 0.957. The molecular formula is C18H19ClN4O4. The normalized spacial score (nSPS) is 11.0. The maximum Gasteiger partial charge on any atom is 0.411 e. The molecule has 0 aliphatic heterocycles. The third-order valence-electron chi connectivity index (χ3n) is 4.41. The van der Waals surface area contributed by atoms with Gasteiger partial charge in [0.05, 0.1) is 17.8 Å². The van der Waals surface area contributed by atoms with Crippen LogP contribution < -0.4 is 15.2 Å². The van der Waals surface area contributed by atoms with Crippen LogP contribution in [0.3, 0.4) is 0 Å². The van der Waals surface area contributed by atoms with Crippen LogP contribution in [0.1, 0.15) is 12.6 Å². The average molecular weight is 391 g/mol. The zero-order valence-electron chi connectivity index (χ0n) is 15.4. The summed E-state index contributed by atoms with van der Waals surface area (Å²) in [6.45, 7) is 3.68. The Hall–Kier alpha value is -3.00. The van der Waals surface area contributed by atoms with Crippen LogP contribution in [0, 0.1) is 6.92 Å². The molecule has 0 saturated carbocycles. The molecule has 8 nitrogen and oxygen atoms in total. The molecule has 1 N–H and O–H groups in total. The van der Waals surface area contributed by atoms with Gasteiger partial charge < -0.3 is 9.84 Å². The molecular weight excluding hydrogens is 372 g/mol. The van der Waals surface area contributed by atoms with Gasteiger partial charge in [0, 0.05) is 24.8 Å². The fourth-order valence-electron chi connectivity index (χ4n) is 3.01. The van der Waals surface area contributed by atoms with E-state index in [0.717, 1.165) is 4.90 Å². The van der Waals surface area contributed by atoms with Crippen LogP contribution in [0.2, 0.25) is 5.02 Å². The van der Waals surface area contributed by atoms with Gasteiger partial charge in [0.1, 0.15) is 5.75 Å². The highest BCUT2D eigenvalue weighted by molar-refractivity contribution is 6.33. The lowest BCUT2D eigenvalue weighted by Gasteiger charge is -2.16. The number of hydrogen-bond donors (Lipinski definition) is 1. The Bertz CT molecular complexity index is 1100. The second-order valence-electron chi connectivity index (χ2n) is 5.99. The smallest absolute Gasteiger partial charge is 0.411 e. The van der Waals surface area contributed by atoms with E-state index >= 15 is 0 Å². The zero-order valence-corrected chi connectivity index (χ0v) is 16.1. The van der Waals surface area contributed by atoms with Crippen molar-refractivity contribution in [2.24, 2.45) is 7.05 Å². The maximum absolute atomic E-state index is 13.0. The summed E-state index contributed by atoms with van der Waals surface area (Å²) >= 11 is 6.35. The van der Waals surface area contributed by atoms with Gasteiger partial charge in [-0.15, -0.1) is 5.10 Å². The Labute approximate surface area is 160 Å². The van der Waals surface area contributed by atoms with Crippen molar-refractivity contribution in [3.05, 3.63) is 45.3 Å². The van der Waals surface area contributed by atoms with Crippen LogP contribution in [-0.2, 0) is 7.05 Å². The number of ether oxygens (including phenoxy) is 1. The minimum absolute atomic E-state index is 0.202. The summed E-state index contributed by atoms with van der Waals surface area (Å²) in [5, 5.41) is 14.4. The van der Waals surface area contributed by atoms with Crippen LogP contribution in [-0.4, -0.2) is 39.0 Å². The van der Waals surface area contributed by atoms with Gasteiger partial charge in [0.2, 0.25) is 0 Å². The summed E-state index contributed by atoms with van der Waals surface area (Å²) < 4.78 is 7.97. The van der Waals surface area contributed by atoms with Gasteiger partial charge in [-0.1, -0.05) is 11.6 Å². The number of aromatic nitrogens is 3. The van der Waals surface area contributed by atoms with Crippen molar-refractivity contribution in [1.29, 1.82) is 0 Å². The van der Waals surface area contributed by atoms with Gasteiger partial charge in [0.25, 0.3) is 5.56 Å². The molecule has 9 heteroatoms. The van der Waals surface area contributed by atoms with Crippen molar-refractivity contribution < 1.29 is 14.6 Å². The number of carbonyl (C=O) groups is 1. The molecule has 0 aliphatic rings. The minimum atomic E-state index is -1.13.